The van der Waals surface area contributed by atoms with Crippen LogP contribution in [0.25, 0.3) is 0 Å². The van der Waals surface area contributed by atoms with Crippen molar-refractivity contribution in [2.24, 2.45) is 11.1 Å². The fourth-order valence-electron chi connectivity index (χ4n) is 2.16. The van der Waals surface area contributed by atoms with Crippen molar-refractivity contribution >= 4 is 15.7 Å². The van der Waals surface area contributed by atoms with Crippen LogP contribution in [0.15, 0.2) is 29.2 Å². The summed E-state index contributed by atoms with van der Waals surface area (Å²) in [4.78, 5) is 0.329. The first-order valence-electron chi connectivity index (χ1n) is 7.09. The van der Waals surface area contributed by atoms with Crippen LogP contribution < -0.4 is 15.8 Å². The highest BCUT2D eigenvalue weighted by Crippen LogP contribution is 2.44. The molecular formula is C14H21N3O2S. The van der Waals surface area contributed by atoms with Gasteiger partial charge in [0.05, 0.1) is 4.90 Å². The molecule has 2 fully saturated rings. The van der Waals surface area contributed by atoms with Crippen LogP contribution in [0.2, 0.25) is 0 Å². The van der Waals surface area contributed by atoms with E-state index in [0.717, 1.165) is 25.1 Å². The Balaban J connectivity index is 1.62. The van der Waals surface area contributed by atoms with Gasteiger partial charge >= 0.3 is 0 Å². The Labute approximate surface area is 120 Å². The van der Waals surface area contributed by atoms with Crippen molar-refractivity contribution in [3.63, 3.8) is 0 Å². The van der Waals surface area contributed by atoms with Gasteiger partial charge in [0.25, 0.3) is 0 Å². The third kappa shape index (κ3) is 3.13. The summed E-state index contributed by atoms with van der Waals surface area (Å²) < 4.78 is 26.7. The number of anilines is 1. The van der Waals surface area contributed by atoms with E-state index < -0.39 is 10.0 Å². The van der Waals surface area contributed by atoms with Gasteiger partial charge in [-0.1, -0.05) is 0 Å². The molecule has 3 rings (SSSR count). The van der Waals surface area contributed by atoms with Gasteiger partial charge in [-0.3, -0.25) is 0 Å². The molecule has 0 amide bonds. The molecule has 0 bridgehead atoms. The van der Waals surface area contributed by atoms with Crippen LogP contribution in [0.4, 0.5) is 5.69 Å². The van der Waals surface area contributed by atoms with E-state index in [2.05, 4.69) is 10.0 Å². The minimum Gasteiger partial charge on any atom is -0.384 e. The smallest absolute Gasteiger partial charge is 0.240 e. The highest BCUT2D eigenvalue weighted by Gasteiger charge is 2.40. The molecule has 2 aliphatic carbocycles. The minimum absolute atomic E-state index is 0.136. The third-order valence-electron chi connectivity index (χ3n) is 4.12. The van der Waals surface area contributed by atoms with Gasteiger partial charge in [-0.25, -0.2) is 13.1 Å². The molecule has 0 aliphatic heterocycles. The maximum absolute atomic E-state index is 12.0. The molecule has 0 heterocycles. The maximum Gasteiger partial charge on any atom is 0.240 e. The van der Waals surface area contributed by atoms with Gasteiger partial charge in [0, 0.05) is 18.3 Å². The topological polar surface area (TPSA) is 84.2 Å². The van der Waals surface area contributed by atoms with E-state index in [1.54, 1.807) is 12.1 Å². The average Bonchev–Trinajstić information content (AvgIpc) is 3.33. The molecule has 2 aliphatic rings. The summed E-state index contributed by atoms with van der Waals surface area (Å²) in [6.07, 6.45) is 4.24. The molecule has 0 atom stereocenters. The van der Waals surface area contributed by atoms with Crippen molar-refractivity contribution in [2.75, 3.05) is 18.4 Å². The van der Waals surface area contributed by atoms with Gasteiger partial charge in [0.2, 0.25) is 10.0 Å². The van der Waals surface area contributed by atoms with E-state index in [9.17, 15) is 8.42 Å². The number of hydrogen-bond donors (Lipinski definition) is 3. The molecule has 5 nitrogen and oxygen atoms in total. The molecule has 20 heavy (non-hydrogen) atoms. The number of hydrogen-bond acceptors (Lipinski definition) is 4. The number of sulfonamides is 1. The summed E-state index contributed by atoms with van der Waals surface area (Å²) in [5.41, 5.74) is 6.94. The molecule has 0 spiro atoms. The molecule has 0 unspecified atom stereocenters. The zero-order chi connectivity index (χ0) is 14.2. The number of benzene rings is 1. The molecule has 110 valence electrons. The second-order valence-corrected chi connectivity index (χ2v) is 7.69. The molecule has 1 aromatic rings. The number of rotatable bonds is 7. The second-order valence-electron chi connectivity index (χ2n) is 5.98. The fraction of sp³-hybridized carbons (Fsp3) is 0.571. The molecule has 6 heteroatoms. The minimum atomic E-state index is -3.35. The molecule has 4 N–H and O–H groups in total. The highest BCUT2D eigenvalue weighted by atomic mass is 32.2. The SMILES string of the molecule is NCC1(CNc2ccc(S(=O)(=O)NC3CC3)cc2)CC1. The van der Waals surface area contributed by atoms with Gasteiger partial charge < -0.3 is 11.1 Å². The molecule has 1 aromatic carbocycles. The van der Waals surface area contributed by atoms with Gasteiger partial charge in [-0.2, -0.15) is 0 Å². The van der Waals surface area contributed by atoms with Crippen molar-refractivity contribution in [3.8, 4) is 0 Å². The highest BCUT2D eigenvalue weighted by molar-refractivity contribution is 7.89. The van der Waals surface area contributed by atoms with E-state index in [1.807, 2.05) is 12.1 Å². The first-order valence-corrected chi connectivity index (χ1v) is 8.58. The Morgan fingerprint density at radius 2 is 1.85 bits per heavy atom. The van der Waals surface area contributed by atoms with E-state index in [-0.39, 0.29) is 11.5 Å². The lowest BCUT2D eigenvalue weighted by atomic mass is 10.1. The lowest BCUT2D eigenvalue weighted by Crippen LogP contribution is -2.26. The van der Waals surface area contributed by atoms with Crippen molar-refractivity contribution in [3.05, 3.63) is 24.3 Å². The zero-order valence-corrected chi connectivity index (χ0v) is 12.2. The Morgan fingerprint density at radius 3 is 2.35 bits per heavy atom. The lowest BCUT2D eigenvalue weighted by molar-refractivity contribution is 0.556. The zero-order valence-electron chi connectivity index (χ0n) is 11.4. The van der Waals surface area contributed by atoms with E-state index in [4.69, 9.17) is 5.73 Å². The van der Waals surface area contributed by atoms with Gasteiger partial charge in [-0.15, -0.1) is 0 Å². The van der Waals surface area contributed by atoms with E-state index >= 15 is 0 Å². The number of nitrogens with two attached hydrogens (primary N) is 1. The van der Waals surface area contributed by atoms with Gasteiger partial charge in [0.15, 0.2) is 0 Å². The molecular weight excluding hydrogens is 274 g/mol. The monoisotopic (exact) mass is 295 g/mol. The van der Waals surface area contributed by atoms with Crippen molar-refractivity contribution in [1.82, 2.24) is 4.72 Å². The van der Waals surface area contributed by atoms with Gasteiger partial charge in [0.1, 0.15) is 0 Å². The summed E-state index contributed by atoms with van der Waals surface area (Å²) in [7, 11) is -3.35. The van der Waals surface area contributed by atoms with Crippen LogP contribution in [0.1, 0.15) is 25.7 Å². The number of nitrogens with one attached hydrogen (secondary N) is 2. The Hall–Kier alpha value is -1.11. The summed E-state index contributed by atoms with van der Waals surface area (Å²) in [6.45, 7) is 1.56. The predicted molar refractivity (Wildman–Crippen MR) is 79.0 cm³/mol. The van der Waals surface area contributed by atoms with Crippen LogP contribution in [0.3, 0.4) is 0 Å². The fourth-order valence-corrected chi connectivity index (χ4v) is 3.46. The predicted octanol–water partition coefficient (Wildman–Crippen LogP) is 1.28. The summed E-state index contributed by atoms with van der Waals surface area (Å²) in [6, 6.07) is 7.06. The van der Waals surface area contributed by atoms with Crippen LogP contribution >= 0.6 is 0 Å². The van der Waals surface area contributed by atoms with Crippen molar-refractivity contribution < 1.29 is 8.42 Å². The summed E-state index contributed by atoms with van der Waals surface area (Å²) >= 11 is 0. The normalized spacial score (nSPS) is 20.6. The average molecular weight is 295 g/mol. The molecule has 0 saturated heterocycles. The van der Waals surface area contributed by atoms with Crippen molar-refractivity contribution in [2.45, 2.75) is 36.6 Å². The first-order chi connectivity index (χ1) is 9.53. The van der Waals surface area contributed by atoms with Crippen LogP contribution in [0.5, 0.6) is 0 Å². The Kier molecular flexibility index (Phi) is 3.48. The largest absolute Gasteiger partial charge is 0.384 e. The second kappa shape index (κ2) is 5.02. The molecule has 0 radical (unpaired) electrons. The Morgan fingerprint density at radius 1 is 1.20 bits per heavy atom. The molecule has 0 aromatic heterocycles. The first kappa shape index (κ1) is 13.9. The van der Waals surface area contributed by atoms with E-state index in [1.165, 1.54) is 12.8 Å². The van der Waals surface area contributed by atoms with Crippen LogP contribution in [0, 0.1) is 5.41 Å². The lowest BCUT2D eigenvalue weighted by Gasteiger charge is -2.14. The van der Waals surface area contributed by atoms with Crippen LogP contribution in [-0.2, 0) is 10.0 Å². The Bertz CT molecular complexity index is 575. The standard InChI is InChI=1S/C14H21N3O2S/c15-9-14(7-8-14)10-16-11-3-5-13(6-4-11)20(18,19)17-12-1-2-12/h3-6,12,16-17H,1-2,7-10,15H2. The maximum atomic E-state index is 12.0. The van der Waals surface area contributed by atoms with Crippen LogP contribution in [-0.4, -0.2) is 27.5 Å². The van der Waals surface area contributed by atoms with E-state index in [0.29, 0.717) is 11.4 Å². The summed E-state index contributed by atoms with van der Waals surface area (Å²) in [5, 5.41) is 3.33. The quantitative estimate of drug-likeness (QED) is 0.707. The van der Waals surface area contributed by atoms with Crippen molar-refractivity contribution in [1.29, 1.82) is 0 Å². The third-order valence-corrected chi connectivity index (χ3v) is 5.66. The van der Waals surface area contributed by atoms with Gasteiger partial charge in [-0.05, 0) is 61.9 Å². The molecule has 2 saturated carbocycles. The summed E-state index contributed by atoms with van der Waals surface area (Å²) in [5.74, 6) is 0.